The van der Waals surface area contributed by atoms with Crippen molar-refractivity contribution in [1.82, 2.24) is 0 Å². The smallest absolute Gasteiger partial charge is 0.259 e. The number of anilines is 1. The molecule has 3 aromatic rings. The van der Waals surface area contributed by atoms with Crippen molar-refractivity contribution in [2.45, 2.75) is 13.8 Å². The van der Waals surface area contributed by atoms with E-state index < -0.39 is 0 Å². The van der Waals surface area contributed by atoms with Crippen molar-refractivity contribution in [2.24, 2.45) is 0 Å². The van der Waals surface area contributed by atoms with E-state index in [9.17, 15) is 4.79 Å². The molecule has 0 bridgehead atoms. The van der Waals surface area contributed by atoms with Crippen LogP contribution in [0.4, 0.5) is 5.69 Å². The average Bonchev–Trinajstić information content (AvgIpc) is 2.79. The summed E-state index contributed by atoms with van der Waals surface area (Å²) in [6.45, 7) is 5.49. The molecule has 0 aromatic heterocycles. The lowest BCUT2D eigenvalue weighted by Crippen LogP contribution is -2.15. The van der Waals surface area contributed by atoms with E-state index in [0.717, 1.165) is 5.75 Å². The Morgan fingerprint density at radius 1 is 0.710 bits per heavy atom. The van der Waals surface area contributed by atoms with Gasteiger partial charge in [-0.2, -0.15) is 0 Å². The van der Waals surface area contributed by atoms with Gasteiger partial charge in [0.05, 0.1) is 24.5 Å². The summed E-state index contributed by atoms with van der Waals surface area (Å²) in [6.07, 6.45) is 0. The number of carbonyl (C=O) groups excluding carboxylic acids is 1. The van der Waals surface area contributed by atoms with Crippen molar-refractivity contribution in [3.8, 4) is 23.0 Å². The van der Waals surface area contributed by atoms with Crippen molar-refractivity contribution in [3.05, 3.63) is 78.4 Å². The Morgan fingerprint density at radius 3 is 2.19 bits per heavy atom. The Labute approximate surface area is 182 Å². The summed E-state index contributed by atoms with van der Waals surface area (Å²) in [5, 5.41) is 2.91. The van der Waals surface area contributed by atoms with Crippen LogP contribution in [0.3, 0.4) is 0 Å². The van der Waals surface area contributed by atoms with E-state index in [1.54, 1.807) is 30.3 Å². The minimum absolute atomic E-state index is 0.289. The third-order valence-corrected chi connectivity index (χ3v) is 4.30. The minimum atomic E-state index is -0.289. The number of ether oxygens (including phenoxy) is 4. The van der Waals surface area contributed by atoms with Gasteiger partial charge in [0.1, 0.15) is 36.2 Å². The number of para-hydroxylation sites is 3. The lowest BCUT2D eigenvalue weighted by Gasteiger charge is -2.15. The number of amides is 1. The van der Waals surface area contributed by atoms with Crippen molar-refractivity contribution >= 4 is 11.6 Å². The molecule has 0 fully saturated rings. The standard InChI is InChI=1S/C25H27NO5/c1-3-28-20-14-15-21(24(18-20)29-4-2)25(27)26-22-12-8-9-13-23(22)31-17-16-30-19-10-6-5-7-11-19/h5-15,18H,3-4,16-17H2,1-2H3,(H,26,27). The second-order valence-corrected chi connectivity index (χ2v) is 6.48. The van der Waals surface area contributed by atoms with E-state index in [2.05, 4.69) is 5.32 Å². The van der Waals surface area contributed by atoms with Crippen LogP contribution < -0.4 is 24.3 Å². The fourth-order valence-corrected chi connectivity index (χ4v) is 2.93. The van der Waals surface area contributed by atoms with Crippen molar-refractivity contribution in [1.29, 1.82) is 0 Å². The van der Waals surface area contributed by atoms with Crippen LogP contribution in [-0.2, 0) is 0 Å². The van der Waals surface area contributed by atoms with Crippen molar-refractivity contribution in [2.75, 3.05) is 31.7 Å². The zero-order valence-corrected chi connectivity index (χ0v) is 17.8. The third kappa shape index (κ3) is 6.40. The van der Waals surface area contributed by atoms with Crippen LogP contribution in [-0.4, -0.2) is 32.3 Å². The van der Waals surface area contributed by atoms with Gasteiger partial charge in [-0.1, -0.05) is 30.3 Å². The molecule has 0 heterocycles. The van der Waals surface area contributed by atoms with Crippen LogP contribution in [0.25, 0.3) is 0 Å². The molecule has 0 spiro atoms. The fraction of sp³-hybridized carbons (Fsp3) is 0.240. The molecule has 0 aliphatic rings. The van der Waals surface area contributed by atoms with E-state index in [-0.39, 0.29) is 5.91 Å². The summed E-state index contributed by atoms with van der Waals surface area (Å²) in [6, 6.07) is 22.0. The highest BCUT2D eigenvalue weighted by Crippen LogP contribution is 2.28. The van der Waals surface area contributed by atoms with Crippen LogP contribution in [0.15, 0.2) is 72.8 Å². The first kappa shape index (κ1) is 22.0. The van der Waals surface area contributed by atoms with Crippen molar-refractivity contribution in [3.63, 3.8) is 0 Å². The number of rotatable bonds is 11. The zero-order chi connectivity index (χ0) is 21.9. The van der Waals surface area contributed by atoms with Gasteiger partial charge >= 0.3 is 0 Å². The van der Waals surface area contributed by atoms with E-state index in [1.165, 1.54) is 0 Å². The van der Waals surface area contributed by atoms with Gasteiger partial charge in [0.15, 0.2) is 0 Å². The SMILES string of the molecule is CCOc1ccc(C(=O)Nc2ccccc2OCCOc2ccccc2)c(OCC)c1. The maximum Gasteiger partial charge on any atom is 0.259 e. The first-order valence-electron chi connectivity index (χ1n) is 10.3. The van der Waals surface area contributed by atoms with Gasteiger partial charge in [0, 0.05) is 6.07 Å². The Hall–Kier alpha value is -3.67. The molecule has 6 heteroatoms. The van der Waals surface area contributed by atoms with Gasteiger partial charge in [-0.3, -0.25) is 4.79 Å². The summed E-state index contributed by atoms with van der Waals surface area (Å²) < 4.78 is 22.6. The summed E-state index contributed by atoms with van der Waals surface area (Å²) >= 11 is 0. The molecule has 162 valence electrons. The van der Waals surface area contributed by atoms with E-state index >= 15 is 0 Å². The van der Waals surface area contributed by atoms with Gasteiger partial charge < -0.3 is 24.3 Å². The maximum atomic E-state index is 12.9. The molecule has 3 aromatic carbocycles. The quantitative estimate of drug-likeness (QED) is 0.432. The summed E-state index contributed by atoms with van der Waals surface area (Å²) in [7, 11) is 0. The molecule has 0 atom stereocenters. The molecule has 0 radical (unpaired) electrons. The molecule has 1 N–H and O–H groups in total. The maximum absolute atomic E-state index is 12.9. The topological polar surface area (TPSA) is 66.0 Å². The molecule has 0 aliphatic heterocycles. The third-order valence-electron chi connectivity index (χ3n) is 4.30. The summed E-state index contributed by atoms with van der Waals surface area (Å²) in [4.78, 5) is 12.9. The molecular formula is C25H27NO5. The average molecular weight is 421 g/mol. The molecule has 0 saturated heterocycles. The summed E-state index contributed by atoms with van der Waals surface area (Å²) in [5.41, 5.74) is 0.996. The van der Waals surface area contributed by atoms with Crippen LogP contribution in [0.1, 0.15) is 24.2 Å². The number of carbonyl (C=O) groups is 1. The molecular weight excluding hydrogens is 394 g/mol. The van der Waals surface area contributed by atoms with Gasteiger partial charge in [-0.05, 0) is 50.2 Å². The molecule has 6 nitrogen and oxygen atoms in total. The predicted molar refractivity (Wildman–Crippen MR) is 121 cm³/mol. The van der Waals surface area contributed by atoms with E-state index in [4.69, 9.17) is 18.9 Å². The molecule has 0 aliphatic carbocycles. The van der Waals surface area contributed by atoms with Gasteiger partial charge in [0.2, 0.25) is 0 Å². The second-order valence-electron chi connectivity index (χ2n) is 6.48. The number of nitrogens with one attached hydrogen (secondary N) is 1. The number of hydrogen-bond donors (Lipinski definition) is 1. The van der Waals surface area contributed by atoms with Gasteiger partial charge in [0.25, 0.3) is 5.91 Å². The molecule has 3 rings (SSSR count). The molecule has 0 saturated carbocycles. The highest BCUT2D eigenvalue weighted by molar-refractivity contribution is 6.07. The monoisotopic (exact) mass is 421 g/mol. The molecule has 0 unspecified atom stereocenters. The Bertz CT molecular complexity index is 975. The van der Waals surface area contributed by atoms with Crippen molar-refractivity contribution < 1.29 is 23.7 Å². The lowest BCUT2D eigenvalue weighted by molar-refractivity contribution is 0.102. The van der Waals surface area contributed by atoms with Crippen LogP contribution in [0, 0.1) is 0 Å². The first-order chi connectivity index (χ1) is 15.2. The Balaban J connectivity index is 1.65. The summed E-state index contributed by atoms with van der Waals surface area (Å²) in [5.74, 6) is 2.19. The second kappa shape index (κ2) is 11.5. The lowest BCUT2D eigenvalue weighted by atomic mass is 10.1. The van der Waals surface area contributed by atoms with Crippen LogP contribution in [0.2, 0.25) is 0 Å². The minimum Gasteiger partial charge on any atom is -0.494 e. The van der Waals surface area contributed by atoms with Gasteiger partial charge in [-0.25, -0.2) is 0 Å². The number of benzene rings is 3. The normalized spacial score (nSPS) is 10.3. The Kier molecular flexibility index (Phi) is 8.17. The van der Waals surface area contributed by atoms with E-state index in [0.29, 0.717) is 54.9 Å². The zero-order valence-electron chi connectivity index (χ0n) is 17.8. The largest absolute Gasteiger partial charge is 0.494 e. The first-order valence-corrected chi connectivity index (χ1v) is 10.3. The predicted octanol–water partition coefficient (Wildman–Crippen LogP) is 5.19. The van der Waals surface area contributed by atoms with Crippen LogP contribution >= 0.6 is 0 Å². The van der Waals surface area contributed by atoms with E-state index in [1.807, 2.05) is 56.3 Å². The molecule has 1 amide bonds. The molecule has 31 heavy (non-hydrogen) atoms. The highest BCUT2D eigenvalue weighted by atomic mass is 16.5. The van der Waals surface area contributed by atoms with Crippen LogP contribution in [0.5, 0.6) is 23.0 Å². The van der Waals surface area contributed by atoms with Gasteiger partial charge in [-0.15, -0.1) is 0 Å². The highest BCUT2D eigenvalue weighted by Gasteiger charge is 2.16. The number of hydrogen-bond acceptors (Lipinski definition) is 5. The Morgan fingerprint density at radius 2 is 1.42 bits per heavy atom. The fourth-order valence-electron chi connectivity index (χ4n) is 2.93.